The molecule has 0 amide bonds. The fourth-order valence-electron chi connectivity index (χ4n) is 4.69. The second-order valence-corrected chi connectivity index (χ2v) is 10.0. The van der Waals surface area contributed by atoms with Gasteiger partial charge in [0.15, 0.2) is 0 Å². The summed E-state index contributed by atoms with van der Waals surface area (Å²) in [6.07, 6.45) is 6.78. The van der Waals surface area contributed by atoms with E-state index in [2.05, 4.69) is 33.2 Å². The molecule has 8 heteroatoms. The van der Waals surface area contributed by atoms with Crippen LogP contribution in [0, 0.1) is 0 Å². The summed E-state index contributed by atoms with van der Waals surface area (Å²) in [6, 6.07) is 6.79. The zero-order chi connectivity index (χ0) is 24.9. The molecule has 3 N–H and O–H groups in total. The predicted molar refractivity (Wildman–Crippen MR) is 134 cm³/mol. The van der Waals surface area contributed by atoms with Crippen molar-refractivity contribution in [1.82, 2.24) is 9.97 Å². The molecule has 0 atom stereocenters. The average molecular weight is 471 g/mol. The van der Waals surface area contributed by atoms with Crippen LogP contribution in [0.1, 0.15) is 72.3 Å². The van der Waals surface area contributed by atoms with Gasteiger partial charge >= 0.3 is 12.0 Å². The highest BCUT2D eigenvalue weighted by Gasteiger charge is 2.32. The SMILES string of the molecule is CCOc1ncc(Nc2cc(C(C)(C)CC(=O)O)ccc2N(CC)C2CCC(C)(O)CC2)cn1. The van der Waals surface area contributed by atoms with E-state index in [0.717, 1.165) is 54.9 Å². The van der Waals surface area contributed by atoms with Gasteiger partial charge in [0.25, 0.3) is 0 Å². The lowest BCUT2D eigenvalue weighted by Gasteiger charge is -2.41. The third kappa shape index (κ3) is 6.38. The van der Waals surface area contributed by atoms with Gasteiger partial charge in [-0.1, -0.05) is 19.9 Å². The minimum absolute atomic E-state index is 0.0349. The zero-order valence-corrected chi connectivity index (χ0v) is 21.0. The summed E-state index contributed by atoms with van der Waals surface area (Å²) in [6.45, 7) is 11.1. The van der Waals surface area contributed by atoms with Gasteiger partial charge in [0.1, 0.15) is 0 Å². The van der Waals surface area contributed by atoms with E-state index in [0.29, 0.717) is 18.7 Å². The third-order valence-corrected chi connectivity index (χ3v) is 6.67. The normalized spacial score (nSPS) is 20.6. The molecule has 186 valence electrons. The lowest BCUT2D eigenvalue weighted by Crippen LogP contribution is -2.42. The van der Waals surface area contributed by atoms with Crippen LogP contribution in [-0.4, -0.2) is 50.9 Å². The van der Waals surface area contributed by atoms with E-state index in [9.17, 15) is 15.0 Å². The van der Waals surface area contributed by atoms with Crippen molar-refractivity contribution in [3.8, 4) is 6.01 Å². The van der Waals surface area contributed by atoms with Crippen LogP contribution in [0.5, 0.6) is 6.01 Å². The Kier molecular flexibility index (Phi) is 8.02. The van der Waals surface area contributed by atoms with E-state index in [-0.39, 0.29) is 6.42 Å². The lowest BCUT2D eigenvalue weighted by molar-refractivity contribution is -0.138. The van der Waals surface area contributed by atoms with E-state index in [1.165, 1.54) is 0 Å². The van der Waals surface area contributed by atoms with Crippen molar-refractivity contribution in [2.45, 2.75) is 83.8 Å². The van der Waals surface area contributed by atoms with E-state index in [1.54, 1.807) is 12.4 Å². The van der Waals surface area contributed by atoms with E-state index < -0.39 is 17.0 Å². The molecule has 0 unspecified atom stereocenters. The minimum atomic E-state index is -0.826. The molecule has 0 aliphatic heterocycles. The Labute approximate surface area is 202 Å². The maximum Gasteiger partial charge on any atom is 0.316 e. The second-order valence-electron chi connectivity index (χ2n) is 10.0. The van der Waals surface area contributed by atoms with Gasteiger partial charge in [0.05, 0.1) is 48.1 Å². The number of hydrogen-bond donors (Lipinski definition) is 3. The fraction of sp³-hybridized carbons (Fsp3) is 0.577. The summed E-state index contributed by atoms with van der Waals surface area (Å²) in [4.78, 5) is 22.4. The monoisotopic (exact) mass is 470 g/mol. The van der Waals surface area contributed by atoms with Crippen LogP contribution in [-0.2, 0) is 10.2 Å². The van der Waals surface area contributed by atoms with Crippen LogP contribution in [0.2, 0.25) is 0 Å². The van der Waals surface area contributed by atoms with Crippen molar-refractivity contribution >= 4 is 23.0 Å². The highest BCUT2D eigenvalue weighted by molar-refractivity contribution is 5.77. The largest absolute Gasteiger partial charge is 0.481 e. The van der Waals surface area contributed by atoms with Crippen LogP contribution in [0.3, 0.4) is 0 Å². The summed E-state index contributed by atoms with van der Waals surface area (Å²) in [5.41, 5.74) is 2.45. The molecule has 0 radical (unpaired) electrons. The van der Waals surface area contributed by atoms with Gasteiger partial charge in [-0.2, -0.15) is 0 Å². The standard InChI is InChI=1S/C26H38N4O4/c1-6-30(20-10-12-26(5,33)13-11-20)22-9-8-18(25(3,4)15-23(31)32)14-21(22)29-19-16-27-24(28-17-19)34-7-2/h8-9,14,16-17,20,29,33H,6-7,10-13,15H2,1-5H3,(H,31,32). The average Bonchev–Trinajstić information content (AvgIpc) is 2.77. The molecule has 1 saturated carbocycles. The molecule has 3 rings (SSSR count). The molecular weight excluding hydrogens is 432 g/mol. The Morgan fingerprint density at radius 3 is 2.44 bits per heavy atom. The molecule has 1 aromatic heterocycles. The molecule has 2 aromatic rings. The molecule has 1 heterocycles. The van der Waals surface area contributed by atoms with E-state index in [1.807, 2.05) is 39.8 Å². The number of carbonyl (C=O) groups is 1. The van der Waals surface area contributed by atoms with Crippen LogP contribution in [0.25, 0.3) is 0 Å². The Morgan fingerprint density at radius 1 is 1.24 bits per heavy atom. The van der Waals surface area contributed by atoms with Crippen molar-refractivity contribution in [2.24, 2.45) is 0 Å². The summed E-state index contributed by atoms with van der Waals surface area (Å²) in [5, 5.41) is 23.3. The van der Waals surface area contributed by atoms with Crippen molar-refractivity contribution in [1.29, 1.82) is 0 Å². The first kappa shape index (κ1) is 25.7. The molecule has 0 bridgehead atoms. The van der Waals surface area contributed by atoms with Gasteiger partial charge in [0, 0.05) is 18.0 Å². The number of nitrogens with one attached hydrogen (secondary N) is 1. The molecule has 1 aliphatic carbocycles. The zero-order valence-electron chi connectivity index (χ0n) is 21.0. The fourth-order valence-corrected chi connectivity index (χ4v) is 4.69. The Balaban J connectivity index is 1.97. The van der Waals surface area contributed by atoms with Crippen LogP contribution in [0.4, 0.5) is 17.1 Å². The maximum atomic E-state index is 11.5. The molecule has 8 nitrogen and oxygen atoms in total. The number of ether oxygens (including phenoxy) is 1. The van der Waals surface area contributed by atoms with E-state index >= 15 is 0 Å². The topological polar surface area (TPSA) is 108 Å². The summed E-state index contributed by atoms with van der Waals surface area (Å²) in [7, 11) is 0. The number of aliphatic carboxylic acids is 1. The van der Waals surface area contributed by atoms with E-state index in [4.69, 9.17) is 4.74 Å². The quantitative estimate of drug-likeness (QED) is 0.450. The van der Waals surface area contributed by atoms with Crippen LogP contribution in [0.15, 0.2) is 30.6 Å². The van der Waals surface area contributed by atoms with Crippen LogP contribution >= 0.6 is 0 Å². The minimum Gasteiger partial charge on any atom is -0.481 e. The van der Waals surface area contributed by atoms with Gasteiger partial charge in [-0.15, -0.1) is 0 Å². The van der Waals surface area contributed by atoms with Crippen LogP contribution < -0.4 is 15.0 Å². The molecule has 1 aliphatic rings. The number of hydrogen-bond acceptors (Lipinski definition) is 7. The number of nitrogens with zero attached hydrogens (tertiary/aromatic N) is 3. The van der Waals surface area contributed by atoms with Gasteiger partial charge in [-0.05, 0) is 64.2 Å². The number of carboxylic acid groups (broad SMARTS) is 1. The molecule has 34 heavy (non-hydrogen) atoms. The predicted octanol–water partition coefficient (Wildman–Crippen LogP) is 4.89. The second kappa shape index (κ2) is 10.6. The summed E-state index contributed by atoms with van der Waals surface area (Å²) >= 11 is 0. The molecule has 0 saturated heterocycles. The van der Waals surface area contributed by atoms with Crippen molar-refractivity contribution < 1.29 is 19.7 Å². The number of rotatable bonds is 10. The third-order valence-electron chi connectivity index (χ3n) is 6.67. The summed E-state index contributed by atoms with van der Waals surface area (Å²) < 4.78 is 5.35. The van der Waals surface area contributed by atoms with Gasteiger partial charge < -0.3 is 25.2 Å². The summed E-state index contributed by atoms with van der Waals surface area (Å²) in [5.74, 6) is -0.826. The Bertz CT molecular complexity index is 965. The lowest BCUT2D eigenvalue weighted by atomic mass is 9.80. The van der Waals surface area contributed by atoms with Gasteiger partial charge in [0.2, 0.25) is 0 Å². The number of anilines is 3. The van der Waals surface area contributed by atoms with Crippen molar-refractivity contribution in [3.63, 3.8) is 0 Å². The highest BCUT2D eigenvalue weighted by atomic mass is 16.5. The highest BCUT2D eigenvalue weighted by Crippen LogP contribution is 2.39. The smallest absolute Gasteiger partial charge is 0.316 e. The number of carboxylic acids is 1. The first-order valence-electron chi connectivity index (χ1n) is 12.1. The van der Waals surface area contributed by atoms with Crippen molar-refractivity contribution in [2.75, 3.05) is 23.4 Å². The number of aromatic nitrogens is 2. The van der Waals surface area contributed by atoms with Gasteiger partial charge in [-0.25, -0.2) is 9.97 Å². The number of aliphatic hydroxyl groups is 1. The number of benzene rings is 1. The molecule has 0 spiro atoms. The first-order valence-corrected chi connectivity index (χ1v) is 12.1. The Hall–Kier alpha value is -2.87. The Morgan fingerprint density at radius 2 is 1.88 bits per heavy atom. The first-order chi connectivity index (χ1) is 16.0. The molecular formula is C26H38N4O4. The van der Waals surface area contributed by atoms with Crippen molar-refractivity contribution in [3.05, 3.63) is 36.2 Å². The molecule has 1 fully saturated rings. The van der Waals surface area contributed by atoms with Gasteiger partial charge in [-0.3, -0.25) is 4.79 Å². The maximum absolute atomic E-state index is 11.5. The molecule has 1 aromatic carbocycles.